The van der Waals surface area contributed by atoms with Crippen LogP contribution in [0, 0.1) is 5.82 Å². The van der Waals surface area contributed by atoms with Crippen molar-refractivity contribution in [1.29, 1.82) is 0 Å². The van der Waals surface area contributed by atoms with Crippen LogP contribution in [0.15, 0.2) is 36.4 Å². The number of nitrogens with one attached hydrogen (secondary N) is 2. The van der Waals surface area contributed by atoms with Gasteiger partial charge in [-0.15, -0.1) is 0 Å². The summed E-state index contributed by atoms with van der Waals surface area (Å²) in [7, 11) is 0. The van der Waals surface area contributed by atoms with E-state index in [0.717, 1.165) is 5.56 Å². The van der Waals surface area contributed by atoms with Crippen LogP contribution in [0.2, 0.25) is 0 Å². The molecule has 0 aliphatic rings. The van der Waals surface area contributed by atoms with Crippen molar-refractivity contribution in [3.63, 3.8) is 0 Å². The highest BCUT2D eigenvalue weighted by Crippen LogP contribution is 2.19. The zero-order valence-electron chi connectivity index (χ0n) is 12.2. The Bertz CT molecular complexity index is 607. The van der Waals surface area contributed by atoms with Gasteiger partial charge in [0.15, 0.2) is 0 Å². The quantitative estimate of drug-likeness (QED) is 0.586. The van der Waals surface area contributed by atoms with Gasteiger partial charge in [-0.2, -0.15) is 0 Å². The Morgan fingerprint density at radius 2 is 2.00 bits per heavy atom. The van der Waals surface area contributed by atoms with Gasteiger partial charge < -0.3 is 26.2 Å². The first-order valence-electron chi connectivity index (χ1n) is 6.89. The van der Waals surface area contributed by atoms with E-state index < -0.39 is 6.41 Å². The molecule has 1 aromatic heterocycles. The third-order valence-electron chi connectivity index (χ3n) is 2.92. The highest BCUT2D eigenvalue weighted by atomic mass is 19.1. The summed E-state index contributed by atoms with van der Waals surface area (Å²) in [5.41, 5.74) is 7.23. The number of hydrogen-bond acceptors (Lipinski definition) is 6. The molecule has 1 aromatic carbocycles. The zero-order valence-corrected chi connectivity index (χ0v) is 12.2. The number of aliphatic hydroxyl groups excluding tert-OH is 1. The van der Waals surface area contributed by atoms with Gasteiger partial charge in [-0.3, -0.25) is 0 Å². The molecule has 5 N–H and O–H groups in total. The first-order valence-corrected chi connectivity index (χ1v) is 6.89. The van der Waals surface area contributed by atoms with Crippen LogP contribution >= 0.6 is 0 Å². The first kappa shape index (κ1) is 16.0. The number of nitrogens with zero attached hydrogens (tertiary/aromatic N) is 1. The summed E-state index contributed by atoms with van der Waals surface area (Å²) in [5, 5.41) is 15.3. The highest BCUT2D eigenvalue weighted by Gasteiger charge is 2.07. The Kier molecular flexibility index (Phi) is 5.51. The summed E-state index contributed by atoms with van der Waals surface area (Å²) in [6.07, 6.45) is -1.13. The Morgan fingerprint density at radius 3 is 2.64 bits per heavy atom. The van der Waals surface area contributed by atoms with Crippen LogP contribution in [0.3, 0.4) is 0 Å². The largest absolute Gasteiger partial charge is 0.382 e. The number of nitrogens with two attached hydrogens (primary N) is 1. The fourth-order valence-electron chi connectivity index (χ4n) is 1.82. The maximum atomic E-state index is 12.8. The normalized spacial score (nSPS) is 12.0. The number of nitrogen functional groups attached to an aromatic ring is 1. The Balaban J connectivity index is 1.95. The average molecular weight is 306 g/mol. The molecule has 2 aromatic rings. The van der Waals surface area contributed by atoms with Crippen molar-refractivity contribution in [1.82, 2.24) is 4.98 Å². The van der Waals surface area contributed by atoms with Gasteiger partial charge in [-0.25, -0.2) is 9.37 Å². The number of halogens is 1. The highest BCUT2D eigenvalue weighted by molar-refractivity contribution is 5.64. The molecular formula is C15H19FN4O2. The summed E-state index contributed by atoms with van der Waals surface area (Å²) < 4.78 is 17.8. The van der Waals surface area contributed by atoms with Gasteiger partial charge in [-0.05, 0) is 36.8 Å². The van der Waals surface area contributed by atoms with Crippen molar-refractivity contribution in [3.8, 4) is 0 Å². The summed E-state index contributed by atoms with van der Waals surface area (Å²) in [6.45, 7) is 2.65. The minimum absolute atomic E-state index is 0.239. The Hall–Kier alpha value is -2.38. The molecule has 2 rings (SSSR count). The van der Waals surface area contributed by atoms with Gasteiger partial charge in [0.25, 0.3) is 0 Å². The van der Waals surface area contributed by atoms with Gasteiger partial charge in [0.05, 0.1) is 5.69 Å². The number of pyridine rings is 1. The molecule has 0 saturated heterocycles. The lowest BCUT2D eigenvalue weighted by Crippen LogP contribution is -2.23. The number of anilines is 3. The summed E-state index contributed by atoms with van der Waals surface area (Å²) in [5.74, 6) is 0.551. The van der Waals surface area contributed by atoms with Crippen molar-refractivity contribution in [2.24, 2.45) is 0 Å². The van der Waals surface area contributed by atoms with Crippen molar-refractivity contribution < 1.29 is 14.2 Å². The van der Waals surface area contributed by atoms with E-state index in [2.05, 4.69) is 15.6 Å². The fraction of sp³-hybridized carbons (Fsp3) is 0.267. The van der Waals surface area contributed by atoms with E-state index >= 15 is 0 Å². The van der Waals surface area contributed by atoms with Gasteiger partial charge in [0.1, 0.15) is 17.5 Å². The lowest BCUT2D eigenvalue weighted by Gasteiger charge is -2.15. The van der Waals surface area contributed by atoms with E-state index in [4.69, 9.17) is 10.5 Å². The number of aliphatic hydroxyl groups is 1. The predicted octanol–water partition coefficient (Wildman–Crippen LogP) is 2.14. The van der Waals surface area contributed by atoms with Crippen molar-refractivity contribution in [2.45, 2.75) is 19.9 Å². The molecule has 0 amide bonds. The second kappa shape index (κ2) is 7.58. The minimum atomic E-state index is -1.13. The van der Waals surface area contributed by atoms with Crippen molar-refractivity contribution in [3.05, 3.63) is 47.8 Å². The zero-order chi connectivity index (χ0) is 15.9. The molecule has 0 radical (unpaired) electrons. The predicted molar refractivity (Wildman–Crippen MR) is 83.6 cm³/mol. The van der Waals surface area contributed by atoms with Crippen LogP contribution in [0.5, 0.6) is 0 Å². The number of hydrogen-bond donors (Lipinski definition) is 4. The number of benzene rings is 1. The minimum Gasteiger partial charge on any atom is -0.382 e. The van der Waals surface area contributed by atoms with E-state index in [9.17, 15) is 9.50 Å². The van der Waals surface area contributed by atoms with E-state index in [1.165, 1.54) is 12.1 Å². The fourth-order valence-corrected chi connectivity index (χ4v) is 1.82. The molecule has 7 heteroatoms. The smallest absolute Gasteiger partial charge is 0.235 e. The third kappa shape index (κ3) is 4.57. The van der Waals surface area contributed by atoms with E-state index in [-0.39, 0.29) is 11.6 Å². The monoisotopic (exact) mass is 306 g/mol. The van der Waals surface area contributed by atoms with Gasteiger partial charge in [-0.1, -0.05) is 12.1 Å². The molecule has 0 fully saturated rings. The molecule has 22 heavy (non-hydrogen) atoms. The summed E-state index contributed by atoms with van der Waals surface area (Å²) in [4.78, 5) is 4.18. The van der Waals surface area contributed by atoms with Crippen LogP contribution < -0.4 is 16.4 Å². The molecular weight excluding hydrogens is 287 g/mol. The van der Waals surface area contributed by atoms with Crippen molar-refractivity contribution >= 4 is 17.3 Å². The SMILES string of the molecule is CCOC(O)Nc1ccc(NCc2ccc(F)cc2)nc1N. The standard InChI is InChI=1S/C15H19FN4O2/c1-2-22-15(21)19-12-7-8-13(20-14(12)17)18-9-10-3-5-11(16)6-4-10/h3-8,15,19,21H,2,9H2,1H3,(H3,17,18,20). The average Bonchev–Trinajstić information content (AvgIpc) is 2.49. The maximum Gasteiger partial charge on any atom is 0.235 e. The number of aromatic nitrogens is 1. The van der Waals surface area contributed by atoms with Crippen LogP contribution in [0.25, 0.3) is 0 Å². The van der Waals surface area contributed by atoms with E-state index in [1.807, 2.05) is 0 Å². The van der Waals surface area contributed by atoms with Crippen LogP contribution in [0.4, 0.5) is 21.7 Å². The van der Waals surface area contributed by atoms with E-state index in [0.29, 0.717) is 24.7 Å². The molecule has 0 saturated carbocycles. The van der Waals surface area contributed by atoms with Crippen LogP contribution in [-0.4, -0.2) is 23.1 Å². The number of rotatable bonds is 7. The molecule has 118 valence electrons. The topological polar surface area (TPSA) is 92.4 Å². The lowest BCUT2D eigenvalue weighted by atomic mass is 10.2. The third-order valence-corrected chi connectivity index (χ3v) is 2.92. The molecule has 1 heterocycles. The van der Waals surface area contributed by atoms with Crippen LogP contribution in [-0.2, 0) is 11.3 Å². The molecule has 0 aliphatic carbocycles. The van der Waals surface area contributed by atoms with Crippen molar-refractivity contribution in [2.75, 3.05) is 23.0 Å². The summed E-state index contributed by atoms with van der Waals surface area (Å²) >= 11 is 0. The van der Waals surface area contributed by atoms with Gasteiger partial charge in [0, 0.05) is 13.2 Å². The Morgan fingerprint density at radius 1 is 1.27 bits per heavy atom. The summed E-state index contributed by atoms with van der Waals surface area (Å²) in [6, 6.07) is 9.61. The Labute approximate surface area is 128 Å². The van der Waals surface area contributed by atoms with E-state index in [1.54, 1.807) is 31.2 Å². The molecule has 1 atom stereocenters. The second-order valence-electron chi connectivity index (χ2n) is 4.56. The molecule has 0 bridgehead atoms. The van der Waals surface area contributed by atoms with Gasteiger partial charge >= 0.3 is 0 Å². The number of ether oxygens (including phenoxy) is 1. The molecule has 6 nitrogen and oxygen atoms in total. The molecule has 0 spiro atoms. The van der Waals surface area contributed by atoms with Gasteiger partial charge in [0.2, 0.25) is 6.41 Å². The lowest BCUT2D eigenvalue weighted by molar-refractivity contribution is -0.0730. The molecule has 0 aliphatic heterocycles. The first-order chi connectivity index (χ1) is 10.6. The second-order valence-corrected chi connectivity index (χ2v) is 4.56. The molecule has 1 unspecified atom stereocenters. The van der Waals surface area contributed by atoms with Crippen LogP contribution in [0.1, 0.15) is 12.5 Å². The maximum absolute atomic E-state index is 12.8.